The monoisotopic (exact) mass is 339 g/mol. The van der Waals surface area contributed by atoms with E-state index in [4.69, 9.17) is 5.11 Å². The minimum atomic E-state index is 0.158. The van der Waals surface area contributed by atoms with Gasteiger partial charge in [0, 0.05) is 41.6 Å². The van der Waals surface area contributed by atoms with Crippen LogP contribution in [-0.4, -0.2) is 30.3 Å². The molecule has 124 valence electrons. The van der Waals surface area contributed by atoms with Crippen molar-refractivity contribution in [3.8, 4) is 10.6 Å². The lowest BCUT2D eigenvalue weighted by molar-refractivity contribution is 0.304. The Morgan fingerprint density at radius 2 is 1.83 bits per heavy atom. The number of anilines is 2. The fourth-order valence-corrected chi connectivity index (χ4v) is 3.26. The quantitative estimate of drug-likeness (QED) is 0.686. The van der Waals surface area contributed by atoms with Crippen molar-refractivity contribution in [3.05, 3.63) is 65.7 Å². The number of likely N-dealkylation sites (N-methyl/N-ethyl adjacent to an activating group) is 1. The maximum Gasteiger partial charge on any atom is 0.123 e. The number of nitrogens with zero attached hydrogens (tertiary/aromatic N) is 2. The second-order valence-corrected chi connectivity index (χ2v) is 6.66. The van der Waals surface area contributed by atoms with Crippen molar-refractivity contribution in [2.45, 2.75) is 6.54 Å². The molecule has 2 aromatic carbocycles. The van der Waals surface area contributed by atoms with E-state index in [-0.39, 0.29) is 6.61 Å². The third kappa shape index (κ3) is 4.13. The fourth-order valence-electron chi connectivity index (χ4n) is 2.41. The van der Waals surface area contributed by atoms with Crippen LogP contribution in [0, 0.1) is 0 Å². The highest BCUT2D eigenvalue weighted by atomic mass is 32.1. The van der Waals surface area contributed by atoms with Crippen LogP contribution in [0.15, 0.2) is 60.8 Å². The van der Waals surface area contributed by atoms with Gasteiger partial charge in [0.2, 0.25) is 0 Å². The Kier molecular flexibility index (Phi) is 5.46. The van der Waals surface area contributed by atoms with Gasteiger partial charge in [0.05, 0.1) is 13.2 Å². The van der Waals surface area contributed by atoms with E-state index in [1.54, 1.807) is 11.3 Å². The molecule has 3 aromatic rings. The molecule has 1 aromatic heterocycles. The van der Waals surface area contributed by atoms with Crippen molar-refractivity contribution in [1.82, 2.24) is 4.98 Å². The van der Waals surface area contributed by atoms with E-state index >= 15 is 0 Å². The summed E-state index contributed by atoms with van der Waals surface area (Å²) in [7, 11) is 1.97. The van der Waals surface area contributed by atoms with Crippen LogP contribution in [0.5, 0.6) is 0 Å². The van der Waals surface area contributed by atoms with Crippen LogP contribution in [0.4, 0.5) is 11.4 Å². The maximum absolute atomic E-state index is 8.99. The van der Waals surface area contributed by atoms with Gasteiger partial charge in [-0.3, -0.25) is 0 Å². The predicted molar refractivity (Wildman–Crippen MR) is 102 cm³/mol. The highest BCUT2D eigenvalue weighted by Gasteiger charge is 2.05. The Balaban J connectivity index is 1.59. The zero-order valence-corrected chi connectivity index (χ0v) is 14.5. The van der Waals surface area contributed by atoms with E-state index in [0.717, 1.165) is 28.5 Å². The molecule has 1 heterocycles. The summed E-state index contributed by atoms with van der Waals surface area (Å²) in [5.41, 5.74) is 3.33. The van der Waals surface area contributed by atoms with Gasteiger partial charge in [-0.1, -0.05) is 30.3 Å². The second-order valence-electron chi connectivity index (χ2n) is 5.54. The molecule has 0 amide bonds. The summed E-state index contributed by atoms with van der Waals surface area (Å²) in [6.07, 6.45) is 1.93. The van der Waals surface area contributed by atoms with Crippen LogP contribution in [0.1, 0.15) is 4.88 Å². The Bertz CT molecular complexity index is 756. The average Bonchev–Trinajstić information content (AvgIpc) is 3.10. The predicted octanol–water partition coefficient (Wildman–Crippen LogP) is 3.85. The van der Waals surface area contributed by atoms with Gasteiger partial charge in [0.25, 0.3) is 0 Å². The summed E-state index contributed by atoms with van der Waals surface area (Å²) in [5.74, 6) is 0. The molecule has 0 spiro atoms. The molecule has 24 heavy (non-hydrogen) atoms. The van der Waals surface area contributed by atoms with Crippen LogP contribution < -0.4 is 10.2 Å². The van der Waals surface area contributed by atoms with Gasteiger partial charge >= 0.3 is 0 Å². The molecule has 0 radical (unpaired) electrons. The molecular formula is C19H21N3OS. The third-order valence-electron chi connectivity index (χ3n) is 3.78. The average molecular weight is 339 g/mol. The summed E-state index contributed by atoms with van der Waals surface area (Å²) < 4.78 is 0. The van der Waals surface area contributed by atoms with Gasteiger partial charge in [-0.2, -0.15) is 0 Å². The summed E-state index contributed by atoms with van der Waals surface area (Å²) in [4.78, 5) is 7.74. The largest absolute Gasteiger partial charge is 0.395 e. The normalized spacial score (nSPS) is 10.6. The zero-order valence-electron chi connectivity index (χ0n) is 13.6. The number of hydrogen-bond donors (Lipinski definition) is 2. The molecule has 0 aliphatic carbocycles. The number of thiazole rings is 1. The lowest BCUT2D eigenvalue weighted by Crippen LogP contribution is -2.20. The Morgan fingerprint density at radius 1 is 1.08 bits per heavy atom. The molecule has 0 fully saturated rings. The minimum Gasteiger partial charge on any atom is -0.395 e. The summed E-state index contributed by atoms with van der Waals surface area (Å²) in [6, 6.07) is 18.5. The molecule has 0 bridgehead atoms. The van der Waals surface area contributed by atoms with Crippen LogP contribution in [0.25, 0.3) is 10.6 Å². The number of rotatable bonds is 7. The topological polar surface area (TPSA) is 48.4 Å². The molecule has 0 saturated heterocycles. The van der Waals surface area contributed by atoms with E-state index in [0.29, 0.717) is 6.54 Å². The molecule has 5 heteroatoms. The number of aliphatic hydroxyl groups is 1. The number of aliphatic hydroxyl groups excluding tert-OH is 1. The van der Waals surface area contributed by atoms with Gasteiger partial charge in [-0.15, -0.1) is 11.3 Å². The second kappa shape index (κ2) is 7.95. The first-order valence-electron chi connectivity index (χ1n) is 7.92. The fraction of sp³-hybridized carbons (Fsp3) is 0.211. The van der Waals surface area contributed by atoms with E-state index < -0.39 is 0 Å². The van der Waals surface area contributed by atoms with Crippen molar-refractivity contribution in [1.29, 1.82) is 0 Å². The Morgan fingerprint density at radius 3 is 2.54 bits per heavy atom. The Hall–Kier alpha value is -2.37. The van der Waals surface area contributed by atoms with Crippen molar-refractivity contribution in [3.63, 3.8) is 0 Å². The first kappa shape index (κ1) is 16.5. The first-order valence-corrected chi connectivity index (χ1v) is 8.74. The highest BCUT2D eigenvalue weighted by molar-refractivity contribution is 7.15. The van der Waals surface area contributed by atoms with Crippen molar-refractivity contribution < 1.29 is 5.11 Å². The van der Waals surface area contributed by atoms with E-state index in [2.05, 4.69) is 46.7 Å². The molecule has 0 unspecified atom stereocenters. The van der Waals surface area contributed by atoms with Gasteiger partial charge in [-0.25, -0.2) is 4.98 Å². The van der Waals surface area contributed by atoms with Crippen LogP contribution in [0.2, 0.25) is 0 Å². The number of nitrogens with one attached hydrogen (secondary N) is 1. The molecule has 3 rings (SSSR count). The molecule has 0 atom stereocenters. The smallest absolute Gasteiger partial charge is 0.123 e. The standard InChI is InChI=1S/C19H21N3OS/c1-22(11-12-23)17-9-7-16(8-10-17)20-13-18-14-21-19(24-18)15-5-3-2-4-6-15/h2-10,14,20,23H,11-13H2,1H3. The van der Waals surface area contributed by atoms with Crippen LogP contribution in [0.3, 0.4) is 0 Å². The van der Waals surface area contributed by atoms with Gasteiger partial charge < -0.3 is 15.3 Å². The number of benzene rings is 2. The van der Waals surface area contributed by atoms with E-state index in [1.807, 2.05) is 36.3 Å². The maximum atomic E-state index is 8.99. The molecule has 2 N–H and O–H groups in total. The van der Waals surface area contributed by atoms with E-state index in [1.165, 1.54) is 4.88 Å². The molecule has 4 nitrogen and oxygen atoms in total. The van der Waals surface area contributed by atoms with E-state index in [9.17, 15) is 0 Å². The van der Waals surface area contributed by atoms with Crippen LogP contribution in [-0.2, 0) is 6.54 Å². The summed E-state index contributed by atoms with van der Waals surface area (Å²) in [6.45, 7) is 1.55. The van der Waals surface area contributed by atoms with Crippen LogP contribution >= 0.6 is 11.3 Å². The Labute approximate surface area is 146 Å². The zero-order chi connectivity index (χ0) is 16.8. The molecule has 0 saturated carbocycles. The highest BCUT2D eigenvalue weighted by Crippen LogP contribution is 2.25. The molecule has 0 aliphatic rings. The lowest BCUT2D eigenvalue weighted by atomic mass is 10.2. The molecular weight excluding hydrogens is 318 g/mol. The number of aromatic nitrogens is 1. The third-order valence-corrected chi connectivity index (χ3v) is 4.83. The van der Waals surface area contributed by atoms with Crippen molar-refractivity contribution in [2.24, 2.45) is 0 Å². The summed E-state index contributed by atoms with van der Waals surface area (Å²) >= 11 is 1.71. The van der Waals surface area contributed by atoms with Crippen molar-refractivity contribution >= 4 is 22.7 Å². The lowest BCUT2D eigenvalue weighted by Gasteiger charge is -2.18. The summed E-state index contributed by atoms with van der Waals surface area (Å²) in [5, 5.41) is 13.5. The van der Waals surface area contributed by atoms with Gasteiger partial charge in [0.15, 0.2) is 0 Å². The molecule has 0 aliphatic heterocycles. The number of hydrogen-bond acceptors (Lipinski definition) is 5. The van der Waals surface area contributed by atoms with Crippen molar-refractivity contribution in [2.75, 3.05) is 30.4 Å². The first-order chi connectivity index (χ1) is 11.8. The van der Waals surface area contributed by atoms with Gasteiger partial charge in [-0.05, 0) is 24.3 Å². The SMILES string of the molecule is CN(CCO)c1ccc(NCc2cnc(-c3ccccc3)s2)cc1. The minimum absolute atomic E-state index is 0.158. The van der Waals surface area contributed by atoms with Gasteiger partial charge in [0.1, 0.15) is 5.01 Å².